The molecule has 1 aromatic rings. The van der Waals surface area contributed by atoms with Gasteiger partial charge in [-0.25, -0.2) is 0 Å². The smallest absolute Gasteiger partial charge is 0.287 e. The molecule has 1 aromatic carbocycles. The molecule has 0 saturated carbocycles. The maximum atomic E-state index is 11.7. The van der Waals surface area contributed by atoms with Crippen molar-refractivity contribution in [1.29, 1.82) is 5.26 Å². The second-order valence-electron chi connectivity index (χ2n) is 6.42. The van der Waals surface area contributed by atoms with Gasteiger partial charge >= 0.3 is 0 Å². The Bertz CT molecular complexity index is 666. The monoisotopic (exact) mass is 330 g/mol. The van der Waals surface area contributed by atoms with E-state index >= 15 is 0 Å². The van der Waals surface area contributed by atoms with Crippen LogP contribution in [0.2, 0.25) is 0 Å². The highest BCUT2D eigenvalue weighted by molar-refractivity contribution is 5.77. The van der Waals surface area contributed by atoms with Gasteiger partial charge < -0.3 is 10.2 Å². The molecule has 1 aliphatic heterocycles. The van der Waals surface area contributed by atoms with Gasteiger partial charge in [0.05, 0.1) is 4.92 Å². The van der Waals surface area contributed by atoms with Crippen LogP contribution < -0.4 is 10.2 Å². The lowest BCUT2D eigenvalue weighted by molar-refractivity contribution is -0.385. The molecule has 7 heteroatoms. The number of nitrogens with one attached hydrogen (secondary N) is 1. The number of anilines is 1. The Hall–Kier alpha value is -2.62. The molecule has 0 aromatic heterocycles. The van der Waals surface area contributed by atoms with E-state index in [0.717, 1.165) is 31.6 Å². The van der Waals surface area contributed by atoms with Gasteiger partial charge in [0, 0.05) is 37.3 Å². The normalized spacial score (nSPS) is 17.4. The summed E-state index contributed by atoms with van der Waals surface area (Å²) in [5.41, 5.74) is 0.726. The SMILES string of the molecule is CC(C)C(=O)NC[C@H]1CCCN(c2ccc([N+](=O)[O-])c(C#N)c2)C1. The van der Waals surface area contributed by atoms with Gasteiger partial charge in [0.25, 0.3) is 5.69 Å². The molecule has 1 heterocycles. The van der Waals surface area contributed by atoms with Crippen molar-refractivity contribution in [2.24, 2.45) is 11.8 Å². The lowest BCUT2D eigenvalue weighted by atomic mass is 9.97. The molecule has 1 fully saturated rings. The number of benzene rings is 1. The van der Waals surface area contributed by atoms with E-state index in [1.807, 2.05) is 19.9 Å². The third-order valence-electron chi connectivity index (χ3n) is 4.27. The van der Waals surface area contributed by atoms with Crippen LogP contribution in [0, 0.1) is 33.3 Å². The van der Waals surface area contributed by atoms with Crippen molar-refractivity contribution in [2.75, 3.05) is 24.5 Å². The van der Waals surface area contributed by atoms with Crippen molar-refractivity contribution in [1.82, 2.24) is 5.32 Å². The molecule has 1 atom stereocenters. The van der Waals surface area contributed by atoms with Gasteiger partial charge in [0.1, 0.15) is 11.6 Å². The molecule has 1 saturated heterocycles. The number of carbonyl (C=O) groups excluding carboxylic acids is 1. The quantitative estimate of drug-likeness (QED) is 0.660. The fraction of sp³-hybridized carbons (Fsp3) is 0.529. The third-order valence-corrected chi connectivity index (χ3v) is 4.27. The molecule has 1 amide bonds. The Morgan fingerprint density at radius 3 is 2.92 bits per heavy atom. The number of nitro benzene ring substituents is 1. The molecule has 0 aliphatic carbocycles. The minimum absolute atomic E-state index is 0.0300. The Balaban J connectivity index is 2.05. The van der Waals surface area contributed by atoms with E-state index in [1.54, 1.807) is 12.1 Å². The summed E-state index contributed by atoms with van der Waals surface area (Å²) in [6.45, 7) is 5.97. The van der Waals surface area contributed by atoms with Crippen molar-refractivity contribution >= 4 is 17.3 Å². The number of hydrogen-bond donors (Lipinski definition) is 1. The number of piperidine rings is 1. The van der Waals surface area contributed by atoms with E-state index in [9.17, 15) is 14.9 Å². The van der Waals surface area contributed by atoms with E-state index in [-0.39, 0.29) is 23.1 Å². The highest BCUT2D eigenvalue weighted by atomic mass is 16.6. The number of nitrogens with zero attached hydrogens (tertiary/aromatic N) is 3. The largest absolute Gasteiger partial charge is 0.371 e. The second kappa shape index (κ2) is 7.77. The molecule has 0 bridgehead atoms. The molecule has 7 nitrogen and oxygen atoms in total. The fourth-order valence-electron chi connectivity index (χ4n) is 2.88. The average molecular weight is 330 g/mol. The maximum Gasteiger partial charge on any atom is 0.287 e. The van der Waals surface area contributed by atoms with Crippen LogP contribution in [0.4, 0.5) is 11.4 Å². The number of nitriles is 1. The zero-order chi connectivity index (χ0) is 17.7. The first-order chi connectivity index (χ1) is 11.4. The van der Waals surface area contributed by atoms with Crippen molar-refractivity contribution in [3.05, 3.63) is 33.9 Å². The number of amides is 1. The summed E-state index contributed by atoms with van der Waals surface area (Å²) < 4.78 is 0. The van der Waals surface area contributed by atoms with Crippen molar-refractivity contribution in [3.8, 4) is 6.07 Å². The molecule has 1 aliphatic rings. The van der Waals surface area contributed by atoms with Gasteiger partial charge in [-0.3, -0.25) is 14.9 Å². The van der Waals surface area contributed by atoms with Crippen LogP contribution in [0.5, 0.6) is 0 Å². The first kappa shape index (κ1) is 17.7. The molecular weight excluding hydrogens is 308 g/mol. The zero-order valence-corrected chi connectivity index (χ0v) is 14.0. The summed E-state index contributed by atoms with van der Waals surface area (Å²) in [6, 6.07) is 6.55. The summed E-state index contributed by atoms with van der Waals surface area (Å²) in [5.74, 6) is 0.356. The van der Waals surface area contributed by atoms with Gasteiger partial charge in [0.2, 0.25) is 5.91 Å². The Labute approximate surface area is 141 Å². The fourth-order valence-corrected chi connectivity index (χ4v) is 2.88. The Morgan fingerprint density at radius 2 is 2.29 bits per heavy atom. The standard InChI is InChI=1S/C17H22N4O3/c1-12(2)17(22)19-10-13-4-3-7-20(11-13)15-5-6-16(21(23)24)14(8-15)9-18/h5-6,8,12-13H,3-4,7,10-11H2,1-2H3,(H,19,22)/t13-/m1/s1. The Kier molecular flexibility index (Phi) is 5.74. The summed E-state index contributed by atoms with van der Waals surface area (Å²) in [4.78, 5) is 24.2. The second-order valence-corrected chi connectivity index (χ2v) is 6.42. The molecule has 2 rings (SSSR count). The predicted molar refractivity (Wildman–Crippen MR) is 90.6 cm³/mol. The van der Waals surface area contributed by atoms with Crippen LogP contribution in [0.3, 0.4) is 0 Å². The highest BCUT2D eigenvalue weighted by Gasteiger charge is 2.23. The minimum atomic E-state index is -0.539. The first-order valence-electron chi connectivity index (χ1n) is 8.13. The summed E-state index contributed by atoms with van der Waals surface area (Å²) in [7, 11) is 0. The van der Waals surface area contributed by atoms with E-state index in [4.69, 9.17) is 5.26 Å². The molecular formula is C17H22N4O3. The molecule has 1 N–H and O–H groups in total. The lowest BCUT2D eigenvalue weighted by Crippen LogP contribution is -2.41. The summed E-state index contributed by atoms with van der Waals surface area (Å²) in [6.07, 6.45) is 2.02. The van der Waals surface area contributed by atoms with Gasteiger partial charge in [0.15, 0.2) is 0 Å². The third kappa shape index (κ3) is 4.22. The molecule has 0 unspecified atom stereocenters. The Morgan fingerprint density at radius 1 is 1.54 bits per heavy atom. The average Bonchev–Trinajstić information content (AvgIpc) is 2.59. The molecule has 128 valence electrons. The number of hydrogen-bond acceptors (Lipinski definition) is 5. The van der Waals surface area contributed by atoms with E-state index in [2.05, 4.69) is 10.2 Å². The van der Waals surface area contributed by atoms with Crippen LogP contribution in [0.25, 0.3) is 0 Å². The van der Waals surface area contributed by atoms with Crippen molar-refractivity contribution < 1.29 is 9.72 Å². The predicted octanol–water partition coefficient (Wildman–Crippen LogP) is 2.46. The molecule has 24 heavy (non-hydrogen) atoms. The minimum Gasteiger partial charge on any atom is -0.371 e. The number of rotatable bonds is 5. The van der Waals surface area contributed by atoms with Gasteiger partial charge in [-0.15, -0.1) is 0 Å². The van der Waals surface area contributed by atoms with Crippen LogP contribution in [0.15, 0.2) is 18.2 Å². The number of nitro groups is 1. The van der Waals surface area contributed by atoms with Crippen molar-refractivity contribution in [3.63, 3.8) is 0 Å². The van der Waals surface area contributed by atoms with Crippen molar-refractivity contribution in [2.45, 2.75) is 26.7 Å². The topological polar surface area (TPSA) is 99.3 Å². The lowest BCUT2D eigenvalue weighted by Gasteiger charge is -2.34. The van der Waals surface area contributed by atoms with Gasteiger partial charge in [-0.2, -0.15) is 5.26 Å². The van der Waals surface area contributed by atoms with Crippen LogP contribution >= 0.6 is 0 Å². The van der Waals surface area contributed by atoms with Gasteiger partial charge in [-0.05, 0) is 30.9 Å². The first-order valence-corrected chi connectivity index (χ1v) is 8.13. The number of carbonyl (C=O) groups is 1. The highest BCUT2D eigenvalue weighted by Crippen LogP contribution is 2.27. The van der Waals surface area contributed by atoms with E-state index < -0.39 is 4.92 Å². The maximum absolute atomic E-state index is 11.7. The van der Waals surface area contributed by atoms with Crippen LogP contribution in [-0.2, 0) is 4.79 Å². The molecule has 0 radical (unpaired) electrons. The van der Waals surface area contributed by atoms with Crippen LogP contribution in [0.1, 0.15) is 32.3 Å². The molecule has 0 spiro atoms. The zero-order valence-electron chi connectivity index (χ0n) is 14.0. The summed E-state index contributed by atoms with van der Waals surface area (Å²) in [5, 5.41) is 23.0. The van der Waals surface area contributed by atoms with Crippen LogP contribution in [-0.4, -0.2) is 30.5 Å². The van der Waals surface area contributed by atoms with E-state index in [0.29, 0.717) is 12.5 Å². The van der Waals surface area contributed by atoms with E-state index in [1.165, 1.54) is 6.07 Å². The summed E-state index contributed by atoms with van der Waals surface area (Å²) >= 11 is 0. The van der Waals surface area contributed by atoms with Gasteiger partial charge in [-0.1, -0.05) is 13.8 Å².